The second-order valence-corrected chi connectivity index (χ2v) is 9.20. The SMILES string of the molecule is CC[C@H]1CC(F)(F)C[C@@H](C(=O)N[C@H](C#N)C[C@@H]2CCNC2=O)N1C(=O)[C@](C)(O)c1ccccc1. The third-order valence-electron chi connectivity index (χ3n) is 6.67. The number of likely N-dealkylation sites (tertiary alicyclic amines) is 1. The molecule has 1 aromatic carbocycles. The van der Waals surface area contributed by atoms with E-state index < -0.39 is 60.2 Å². The van der Waals surface area contributed by atoms with Crippen LogP contribution in [0.1, 0.15) is 51.5 Å². The van der Waals surface area contributed by atoms with E-state index in [0.29, 0.717) is 13.0 Å². The lowest BCUT2D eigenvalue weighted by Gasteiger charge is -2.46. The Kier molecular flexibility index (Phi) is 7.56. The van der Waals surface area contributed by atoms with E-state index in [4.69, 9.17) is 0 Å². The maximum atomic E-state index is 14.6. The van der Waals surface area contributed by atoms with Gasteiger partial charge in [-0.2, -0.15) is 5.26 Å². The number of nitriles is 1. The second-order valence-electron chi connectivity index (χ2n) is 9.20. The summed E-state index contributed by atoms with van der Waals surface area (Å²) in [6, 6.07) is 6.35. The number of piperidine rings is 1. The van der Waals surface area contributed by atoms with E-state index in [2.05, 4.69) is 10.6 Å². The van der Waals surface area contributed by atoms with Gasteiger partial charge in [0.05, 0.1) is 6.07 Å². The van der Waals surface area contributed by atoms with Crippen LogP contribution < -0.4 is 10.6 Å². The molecule has 5 atom stereocenters. The van der Waals surface area contributed by atoms with E-state index in [1.165, 1.54) is 6.92 Å². The molecule has 0 aromatic heterocycles. The number of nitrogens with zero attached hydrogens (tertiary/aromatic N) is 2. The van der Waals surface area contributed by atoms with Crippen molar-refractivity contribution in [3.05, 3.63) is 35.9 Å². The van der Waals surface area contributed by atoms with Crippen molar-refractivity contribution >= 4 is 17.7 Å². The number of rotatable bonds is 7. The molecule has 0 spiro atoms. The van der Waals surface area contributed by atoms with Crippen molar-refractivity contribution in [2.45, 2.75) is 75.6 Å². The van der Waals surface area contributed by atoms with Crippen LogP contribution in [0, 0.1) is 17.2 Å². The van der Waals surface area contributed by atoms with Gasteiger partial charge in [0.1, 0.15) is 12.1 Å². The first kappa shape index (κ1) is 25.6. The van der Waals surface area contributed by atoms with Gasteiger partial charge in [-0.1, -0.05) is 37.3 Å². The Hall–Kier alpha value is -3.06. The number of hydrogen-bond donors (Lipinski definition) is 3. The zero-order valence-corrected chi connectivity index (χ0v) is 19.3. The van der Waals surface area contributed by atoms with Crippen LogP contribution in [-0.4, -0.2) is 58.3 Å². The first-order chi connectivity index (χ1) is 16.0. The van der Waals surface area contributed by atoms with Gasteiger partial charge in [-0.25, -0.2) is 8.78 Å². The number of hydrogen-bond acceptors (Lipinski definition) is 5. The lowest BCUT2D eigenvalue weighted by atomic mass is 9.86. The van der Waals surface area contributed by atoms with Crippen LogP contribution in [0.25, 0.3) is 0 Å². The quantitative estimate of drug-likeness (QED) is 0.554. The minimum Gasteiger partial charge on any atom is -0.376 e. The van der Waals surface area contributed by atoms with Crippen LogP contribution >= 0.6 is 0 Å². The maximum absolute atomic E-state index is 14.6. The van der Waals surface area contributed by atoms with E-state index in [1.807, 2.05) is 6.07 Å². The summed E-state index contributed by atoms with van der Waals surface area (Å²) in [5.41, 5.74) is -1.77. The van der Waals surface area contributed by atoms with Gasteiger partial charge in [-0.05, 0) is 31.7 Å². The van der Waals surface area contributed by atoms with Gasteiger partial charge in [0.15, 0.2) is 5.60 Å². The minimum atomic E-state index is -3.20. The van der Waals surface area contributed by atoms with Crippen LogP contribution in [0.5, 0.6) is 0 Å². The van der Waals surface area contributed by atoms with Crippen molar-refractivity contribution in [3.63, 3.8) is 0 Å². The molecule has 2 heterocycles. The fourth-order valence-corrected chi connectivity index (χ4v) is 4.73. The highest BCUT2D eigenvalue weighted by Crippen LogP contribution is 2.39. The molecule has 2 saturated heterocycles. The molecule has 0 radical (unpaired) electrons. The molecule has 2 fully saturated rings. The van der Waals surface area contributed by atoms with Crippen LogP contribution in [0.4, 0.5) is 8.78 Å². The van der Waals surface area contributed by atoms with Crippen LogP contribution in [0.3, 0.4) is 0 Å². The average Bonchev–Trinajstić information content (AvgIpc) is 3.21. The predicted molar refractivity (Wildman–Crippen MR) is 118 cm³/mol. The summed E-state index contributed by atoms with van der Waals surface area (Å²) in [4.78, 5) is 39.6. The standard InChI is InChI=1S/C24H30F2N4O4/c1-3-18-12-24(25,26)13-19(21(32)29-17(14-27)11-15-9-10-28-20(15)31)30(18)22(33)23(2,34)16-7-5-4-6-8-16/h4-8,15,17-19,34H,3,9-13H2,1-2H3,(H,28,31)(H,29,32)/t15-,17-,18-,19-,23+/m0/s1. The van der Waals surface area contributed by atoms with Crippen LogP contribution in [0.15, 0.2) is 30.3 Å². The van der Waals surface area contributed by atoms with E-state index >= 15 is 0 Å². The molecule has 10 heteroatoms. The number of aliphatic hydroxyl groups is 1. The largest absolute Gasteiger partial charge is 0.376 e. The third-order valence-corrected chi connectivity index (χ3v) is 6.67. The minimum absolute atomic E-state index is 0.0457. The summed E-state index contributed by atoms with van der Waals surface area (Å²) in [6.45, 7) is 3.38. The van der Waals surface area contributed by atoms with Crippen LogP contribution in [0.2, 0.25) is 0 Å². The Balaban J connectivity index is 1.88. The molecular weight excluding hydrogens is 446 g/mol. The maximum Gasteiger partial charge on any atom is 0.259 e. The number of nitrogens with one attached hydrogen (secondary N) is 2. The topological polar surface area (TPSA) is 123 Å². The molecule has 0 aliphatic carbocycles. The van der Waals surface area contributed by atoms with Gasteiger partial charge in [-0.3, -0.25) is 14.4 Å². The Bertz CT molecular complexity index is 963. The third kappa shape index (κ3) is 5.36. The summed E-state index contributed by atoms with van der Waals surface area (Å²) >= 11 is 0. The van der Waals surface area contributed by atoms with Crippen molar-refractivity contribution in [2.24, 2.45) is 5.92 Å². The summed E-state index contributed by atoms with van der Waals surface area (Å²) in [6.07, 6.45) is -0.845. The highest BCUT2D eigenvalue weighted by molar-refractivity contribution is 5.92. The fraction of sp³-hybridized carbons (Fsp3) is 0.583. The molecule has 1 aromatic rings. The molecule has 0 bridgehead atoms. The summed E-state index contributed by atoms with van der Waals surface area (Å²) in [5.74, 6) is -5.64. The van der Waals surface area contributed by atoms with Crippen molar-refractivity contribution in [2.75, 3.05) is 6.54 Å². The second kappa shape index (κ2) is 10.1. The van der Waals surface area contributed by atoms with Gasteiger partial charge in [0, 0.05) is 31.3 Å². The van der Waals surface area contributed by atoms with E-state index in [-0.39, 0.29) is 24.3 Å². The molecule has 184 valence electrons. The molecule has 2 aliphatic heterocycles. The number of halogens is 2. The smallest absolute Gasteiger partial charge is 0.259 e. The van der Waals surface area contributed by atoms with Gasteiger partial charge < -0.3 is 20.6 Å². The molecule has 3 N–H and O–H groups in total. The Morgan fingerprint density at radius 3 is 2.59 bits per heavy atom. The van der Waals surface area contributed by atoms with Gasteiger partial charge >= 0.3 is 0 Å². The van der Waals surface area contributed by atoms with E-state index in [1.54, 1.807) is 37.3 Å². The van der Waals surface area contributed by atoms with Crippen molar-refractivity contribution in [1.29, 1.82) is 5.26 Å². The zero-order valence-electron chi connectivity index (χ0n) is 19.3. The average molecular weight is 477 g/mol. The number of alkyl halides is 2. The number of benzene rings is 1. The van der Waals surface area contributed by atoms with Gasteiger partial charge in [0.2, 0.25) is 11.8 Å². The molecule has 0 saturated carbocycles. The van der Waals surface area contributed by atoms with Gasteiger partial charge in [0.25, 0.3) is 11.8 Å². The zero-order chi connectivity index (χ0) is 25.1. The first-order valence-electron chi connectivity index (χ1n) is 11.5. The summed E-state index contributed by atoms with van der Waals surface area (Å²) < 4.78 is 29.2. The summed E-state index contributed by atoms with van der Waals surface area (Å²) in [7, 11) is 0. The fourth-order valence-electron chi connectivity index (χ4n) is 4.73. The lowest BCUT2D eigenvalue weighted by Crippen LogP contribution is -2.64. The monoisotopic (exact) mass is 476 g/mol. The number of amides is 3. The molecule has 34 heavy (non-hydrogen) atoms. The Morgan fingerprint density at radius 1 is 1.35 bits per heavy atom. The van der Waals surface area contributed by atoms with Crippen molar-refractivity contribution in [1.82, 2.24) is 15.5 Å². The molecule has 8 nitrogen and oxygen atoms in total. The van der Waals surface area contributed by atoms with E-state index in [9.17, 15) is 33.5 Å². The normalized spacial score (nSPS) is 26.6. The molecule has 3 amide bonds. The molecule has 2 aliphatic rings. The van der Waals surface area contributed by atoms with Crippen molar-refractivity contribution in [3.8, 4) is 6.07 Å². The molecular formula is C24H30F2N4O4. The van der Waals surface area contributed by atoms with E-state index in [0.717, 1.165) is 4.90 Å². The molecule has 3 rings (SSSR count). The Labute approximate surface area is 197 Å². The number of carbonyl (C=O) groups is 3. The highest BCUT2D eigenvalue weighted by atomic mass is 19.3. The van der Waals surface area contributed by atoms with Gasteiger partial charge in [-0.15, -0.1) is 0 Å². The molecule has 0 unspecified atom stereocenters. The Morgan fingerprint density at radius 2 is 2.03 bits per heavy atom. The first-order valence-corrected chi connectivity index (χ1v) is 11.5. The lowest BCUT2D eigenvalue weighted by molar-refractivity contribution is -0.173. The number of carbonyl (C=O) groups excluding carboxylic acids is 3. The van der Waals surface area contributed by atoms with Crippen LogP contribution in [-0.2, 0) is 20.0 Å². The predicted octanol–water partition coefficient (Wildman–Crippen LogP) is 1.83. The summed E-state index contributed by atoms with van der Waals surface area (Å²) in [5, 5.41) is 25.7. The van der Waals surface area contributed by atoms with Crippen molar-refractivity contribution < 1.29 is 28.3 Å². The highest BCUT2D eigenvalue weighted by Gasteiger charge is 2.52.